The maximum absolute atomic E-state index is 5.77. The van der Waals surface area contributed by atoms with Crippen molar-refractivity contribution in [2.45, 2.75) is 18.0 Å². The van der Waals surface area contributed by atoms with Crippen LogP contribution in [0.5, 0.6) is 0 Å². The molecule has 0 spiro atoms. The van der Waals surface area contributed by atoms with Crippen LogP contribution in [0.2, 0.25) is 0 Å². The Kier molecular flexibility index (Phi) is 1.60. The summed E-state index contributed by atoms with van der Waals surface area (Å²) in [5.74, 6) is 1.26. The van der Waals surface area contributed by atoms with E-state index in [1.54, 1.807) is 11.3 Å². The molecule has 0 atom stereocenters. The molecule has 0 fully saturated rings. The molecule has 0 saturated heterocycles. The fraction of sp³-hybridized carbons (Fsp3) is 0.333. The fourth-order valence-electron chi connectivity index (χ4n) is 1.79. The third kappa shape index (κ3) is 1.09. The van der Waals surface area contributed by atoms with Gasteiger partial charge in [0.15, 0.2) is 0 Å². The number of hydrogen-bond donors (Lipinski definition) is 1. The first-order valence-corrected chi connectivity index (χ1v) is 6.16. The van der Waals surface area contributed by atoms with E-state index in [0.29, 0.717) is 0 Å². The van der Waals surface area contributed by atoms with Crippen molar-refractivity contribution in [1.82, 2.24) is 4.57 Å². The predicted molar refractivity (Wildman–Crippen MR) is 59.6 cm³/mol. The Bertz CT molecular complexity index is 455. The summed E-state index contributed by atoms with van der Waals surface area (Å²) in [4.78, 5) is 0. The normalized spacial score (nSPS) is 16.3. The number of anilines is 1. The van der Waals surface area contributed by atoms with Crippen LogP contribution in [0.4, 0.5) is 5.00 Å². The first kappa shape index (κ1) is 7.76. The number of hydrogen-bond acceptors (Lipinski definition) is 3. The molecule has 4 heteroatoms. The lowest BCUT2D eigenvalue weighted by Crippen LogP contribution is -2.05. The molecule has 0 bridgehead atoms. The molecule has 0 radical (unpaired) electrons. The summed E-state index contributed by atoms with van der Waals surface area (Å²) in [6.45, 7) is 1.15. The van der Waals surface area contributed by atoms with Gasteiger partial charge in [-0.3, -0.25) is 0 Å². The average Bonchev–Trinajstić information content (AvgIpc) is 2.60. The summed E-state index contributed by atoms with van der Waals surface area (Å²) in [5, 5.41) is 2.34. The molecule has 0 unspecified atom stereocenters. The minimum Gasteiger partial charge on any atom is -0.391 e. The summed E-state index contributed by atoms with van der Waals surface area (Å²) < 4.78 is 3.72. The van der Waals surface area contributed by atoms with Crippen LogP contribution in [-0.4, -0.2) is 10.3 Å². The van der Waals surface area contributed by atoms with Crippen LogP contribution in [0.15, 0.2) is 17.2 Å². The Labute approximate surface area is 84.7 Å². The van der Waals surface area contributed by atoms with Gasteiger partial charge in [-0.2, -0.15) is 0 Å². The average molecular weight is 210 g/mol. The van der Waals surface area contributed by atoms with Crippen LogP contribution in [0.1, 0.15) is 6.42 Å². The standard InChI is InChI=1S/C9H10N2S2/c10-8-4-6-7(13-8)5-9-11(6)2-1-3-12-9/h4-5H,1-3,10H2. The lowest BCUT2D eigenvalue weighted by Gasteiger charge is -2.14. The second kappa shape index (κ2) is 2.69. The quantitative estimate of drug-likeness (QED) is 0.725. The molecule has 13 heavy (non-hydrogen) atoms. The highest BCUT2D eigenvalue weighted by molar-refractivity contribution is 7.99. The van der Waals surface area contributed by atoms with E-state index in [1.807, 2.05) is 11.8 Å². The van der Waals surface area contributed by atoms with Crippen LogP contribution < -0.4 is 5.73 Å². The van der Waals surface area contributed by atoms with E-state index in [1.165, 1.54) is 27.4 Å². The number of nitrogen functional groups attached to an aromatic ring is 1. The smallest absolute Gasteiger partial charge is 0.0884 e. The van der Waals surface area contributed by atoms with E-state index >= 15 is 0 Å². The van der Waals surface area contributed by atoms with Crippen molar-refractivity contribution < 1.29 is 0 Å². The topological polar surface area (TPSA) is 30.9 Å². The predicted octanol–water partition coefficient (Wildman–Crippen LogP) is 2.78. The van der Waals surface area contributed by atoms with Gasteiger partial charge < -0.3 is 10.3 Å². The van der Waals surface area contributed by atoms with Crippen molar-refractivity contribution in [3.8, 4) is 0 Å². The van der Waals surface area contributed by atoms with Crippen molar-refractivity contribution in [1.29, 1.82) is 0 Å². The molecule has 0 amide bonds. The van der Waals surface area contributed by atoms with Gasteiger partial charge in [-0.05, 0) is 18.6 Å². The molecular weight excluding hydrogens is 200 g/mol. The Hall–Kier alpha value is -0.610. The van der Waals surface area contributed by atoms with Gasteiger partial charge in [0.1, 0.15) is 0 Å². The lowest BCUT2D eigenvalue weighted by molar-refractivity contribution is 0.643. The molecule has 2 aromatic rings. The van der Waals surface area contributed by atoms with Gasteiger partial charge in [0, 0.05) is 12.3 Å². The van der Waals surface area contributed by atoms with Gasteiger partial charge in [-0.25, -0.2) is 0 Å². The first-order chi connectivity index (χ1) is 6.34. The number of fused-ring (bicyclic) bond motifs is 3. The van der Waals surface area contributed by atoms with Crippen molar-refractivity contribution in [2.75, 3.05) is 11.5 Å². The number of thioether (sulfide) groups is 1. The Morgan fingerprint density at radius 1 is 1.38 bits per heavy atom. The van der Waals surface area contributed by atoms with Crippen LogP contribution in [0.25, 0.3) is 10.2 Å². The summed E-state index contributed by atoms with van der Waals surface area (Å²) in [7, 11) is 0. The van der Waals surface area contributed by atoms with Gasteiger partial charge in [0.2, 0.25) is 0 Å². The molecule has 0 aromatic carbocycles. The van der Waals surface area contributed by atoms with Crippen molar-refractivity contribution in [3.05, 3.63) is 12.1 Å². The summed E-state index contributed by atoms with van der Waals surface area (Å²) in [5.41, 5.74) is 7.09. The van der Waals surface area contributed by atoms with E-state index in [-0.39, 0.29) is 0 Å². The zero-order valence-electron chi connectivity index (χ0n) is 7.12. The monoisotopic (exact) mass is 210 g/mol. The molecule has 3 heterocycles. The molecule has 2 aromatic heterocycles. The largest absolute Gasteiger partial charge is 0.391 e. The highest BCUT2D eigenvalue weighted by Gasteiger charge is 2.14. The van der Waals surface area contributed by atoms with E-state index in [2.05, 4.69) is 16.7 Å². The molecule has 1 aliphatic rings. The molecule has 1 aliphatic heterocycles. The van der Waals surface area contributed by atoms with Crippen LogP contribution in [0.3, 0.4) is 0 Å². The van der Waals surface area contributed by atoms with Gasteiger partial charge in [0.05, 0.1) is 20.2 Å². The Morgan fingerprint density at radius 3 is 3.23 bits per heavy atom. The van der Waals surface area contributed by atoms with Crippen molar-refractivity contribution >= 4 is 38.3 Å². The highest BCUT2D eigenvalue weighted by atomic mass is 32.2. The van der Waals surface area contributed by atoms with Gasteiger partial charge in [0.25, 0.3) is 0 Å². The van der Waals surface area contributed by atoms with E-state index in [4.69, 9.17) is 5.73 Å². The second-order valence-corrected chi connectivity index (χ2v) is 5.47. The number of rotatable bonds is 0. The van der Waals surface area contributed by atoms with E-state index in [0.717, 1.165) is 11.5 Å². The maximum Gasteiger partial charge on any atom is 0.0884 e. The molecule has 68 valence electrons. The molecule has 2 nitrogen and oxygen atoms in total. The Balaban J connectivity index is 2.30. The molecule has 0 saturated carbocycles. The zero-order chi connectivity index (χ0) is 8.84. The highest BCUT2D eigenvalue weighted by Crippen LogP contribution is 2.36. The van der Waals surface area contributed by atoms with E-state index in [9.17, 15) is 0 Å². The van der Waals surface area contributed by atoms with Crippen molar-refractivity contribution in [3.63, 3.8) is 0 Å². The van der Waals surface area contributed by atoms with Gasteiger partial charge in [-0.15, -0.1) is 23.1 Å². The minimum absolute atomic E-state index is 0.927. The van der Waals surface area contributed by atoms with E-state index < -0.39 is 0 Å². The maximum atomic E-state index is 5.77. The zero-order valence-corrected chi connectivity index (χ0v) is 8.75. The second-order valence-electron chi connectivity index (χ2n) is 3.23. The Morgan fingerprint density at radius 2 is 2.31 bits per heavy atom. The number of aryl methyl sites for hydroxylation is 1. The number of nitrogens with zero attached hydrogens (tertiary/aromatic N) is 1. The number of thiophene rings is 1. The SMILES string of the molecule is Nc1cc2c(cc3n2CCCS3)s1. The summed E-state index contributed by atoms with van der Waals surface area (Å²) >= 11 is 3.64. The molecule has 2 N–H and O–H groups in total. The third-order valence-corrected chi connectivity index (χ3v) is 4.37. The van der Waals surface area contributed by atoms with Crippen LogP contribution >= 0.6 is 23.1 Å². The minimum atomic E-state index is 0.927. The van der Waals surface area contributed by atoms with Crippen molar-refractivity contribution in [2.24, 2.45) is 0 Å². The fourth-order valence-corrected chi connectivity index (χ4v) is 3.76. The van der Waals surface area contributed by atoms with Crippen LogP contribution in [-0.2, 0) is 6.54 Å². The van der Waals surface area contributed by atoms with Gasteiger partial charge in [-0.1, -0.05) is 0 Å². The molecule has 0 aliphatic carbocycles. The number of aromatic nitrogens is 1. The molecular formula is C9H10N2S2. The van der Waals surface area contributed by atoms with Crippen LogP contribution in [0, 0.1) is 0 Å². The summed E-state index contributed by atoms with van der Waals surface area (Å²) in [6, 6.07) is 4.36. The summed E-state index contributed by atoms with van der Waals surface area (Å²) in [6.07, 6.45) is 1.27. The van der Waals surface area contributed by atoms with Gasteiger partial charge >= 0.3 is 0 Å². The molecule has 3 rings (SSSR count). The first-order valence-electron chi connectivity index (χ1n) is 4.36. The number of nitrogens with two attached hydrogens (primary N) is 1. The lowest BCUT2D eigenvalue weighted by atomic mass is 10.4. The third-order valence-electron chi connectivity index (χ3n) is 2.35.